The van der Waals surface area contributed by atoms with Gasteiger partial charge in [-0.05, 0) is 66.9 Å². The summed E-state index contributed by atoms with van der Waals surface area (Å²) in [7, 11) is -3.57. The molecule has 1 atom stereocenters. The van der Waals surface area contributed by atoms with Crippen LogP contribution in [0.1, 0.15) is 35.9 Å². The van der Waals surface area contributed by atoms with Crippen molar-refractivity contribution in [1.29, 1.82) is 0 Å². The summed E-state index contributed by atoms with van der Waals surface area (Å²) in [5, 5.41) is 23.3. The normalized spacial score (nSPS) is 11.7. The number of phenolic OH excluding ortho intramolecular Hbond substituents is 1. The van der Waals surface area contributed by atoms with Crippen LogP contribution >= 0.6 is 12.4 Å². The second kappa shape index (κ2) is 15.3. The Bertz CT molecular complexity index is 1370. The molecule has 0 aromatic heterocycles. The molecule has 0 bridgehead atoms. The smallest absolute Gasteiger partial charge is 0.341 e. The van der Waals surface area contributed by atoms with Crippen LogP contribution in [0, 0.1) is 0 Å². The third-order valence-electron chi connectivity index (χ3n) is 5.55. The van der Waals surface area contributed by atoms with E-state index in [1.54, 1.807) is 13.0 Å². The monoisotopic (exact) mass is 594 g/mol. The number of benzene rings is 3. The number of carbonyl (C=O) groups excluding carboxylic acids is 1. The molecule has 10 nitrogen and oxygen atoms in total. The Kier molecular flexibility index (Phi) is 12.5. The van der Waals surface area contributed by atoms with Crippen LogP contribution in [0.25, 0.3) is 11.1 Å². The number of aliphatic hydroxyl groups excluding tert-OH is 1. The summed E-state index contributed by atoms with van der Waals surface area (Å²) in [6.07, 6.45) is 0.0648. The number of esters is 1. The van der Waals surface area contributed by atoms with Gasteiger partial charge in [0.2, 0.25) is 10.0 Å². The van der Waals surface area contributed by atoms with Gasteiger partial charge in [0, 0.05) is 13.1 Å². The number of aliphatic hydroxyl groups is 1. The van der Waals surface area contributed by atoms with E-state index >= 15 is 0 Å². The first kappa shape index (κ1) is 32.7. The van der Waals surface area contributed by atoms with Gasteiger partial charge >= 0.3 is 5.97 Å². The Balaban J connectivity index is 0.00000560. The average Bonchev–Trinajstić information content (AvgIpc) is 2.89. The van der Waals surface area contributed by atoms with Crippen molar-refractivity contribution >= 4 is 34.1 Å². The lowest BCUT2D eigenvalue weighted by Gasteiger charge is -2.15. The van der Waals surface area contributed by atoms with E-state index in [1.807, 2.05) is 43.3 Å². The molecule has 0 fully saturated rings. The van der Waals surface area contributed by atoms with E-state index in [9.17, 15) is 23.4 Å². The number of carbonyl (C=O) groups is 1. The highest BCUT2D eigenvalue weighted by molar-refractivity contribution is 7.92. The van der Waals surface area contributed by atoms with E-state index in [-0.39, 0.29) is 37.0 Å². The minimum atomic E-state index is -3.57. The highest BCUT2D eigenvalue weighted by Crippen LogP contribution is 2.30. The van der Waals surface area contributed by atoms with Crippen LogP contribution in [0.3, 0.4) is 0 Å². The molecule has 0 spiro atoms. The van der Waals surface area contributed by atoms with Crippen molar-refractivity contribution in [3.8, 4) is 28.4 Å². The van der Waals surface area contributed by atoms with Crippen molar-refractivity contribution in [2.75, 3.05) is 43.9 Å². The molecule has 218 valence electrons. The molecule has 40 heavy (non-hydrogen) atoms. The summed E-state index contributed by atoms with van der Waals surface area (Å²) in [6, 6.07) is 17.1. The van der Waals surface area contributed by atoms with E-state index in [0.29, 0.717) is 42.4 Å². The molecule has 0 unspecified atom stereocenters. The predicted molar refractivity (Wildman–Crippen MR) is 156 cm³/mol. The number of anilines is 1. The van der Waals surface area contributed by atoms with Crippen LogP contribution in [-0.2, 0) is 14.8 Å². The van der Waals surface area contributed by atoms with Gasteiger partial charge in [-0.15, -0.1) is 12.4 Å². The Morgan fingerprint density at radius 2 is 1.65 bits per heavy atom. The fourth-order valence-electron chi connectivity index (χ4n) is 3.74. The molecule has 0 heterocycles. The third kappa shape index (κ3) is 9.60. The summed E-state index contributed by atoms with van der Waals surface area (Å²) in [5.74, 6) is 0.489. The lowest BCUT2D eigenvalue weighted by Crippen LogP contribution is -2.26. The van der Waals surface area contributed by atoms with Gasteiger partial charge in [-0.2, -0.15) is 0 Å². The molecular formula is C28H35ClN2O8S. The molecule has 0 aliphatic heterocycles. The lowest BCUT2D eigenvalue weighted by molar-refractivity contribution is 0.0522. The molecule has 0 aliphatic carbocycles. The molecule has 4 N–H and O–H groups in total. The number of ether oxygens (including phenoxy) is 3. The Morgan fingerprint density at radius 3 is 2.30 bits per heavy atom. The van der Waals surface area contributed by atoms with E-state index < -0.39 is 22.1 Å². The minimum absolute atomic E-state index is 0. The topological polar surface area (TPSA) is 143 Å². The second-order valence-electron chi connectivity index (χ2n) is 8.61. The quantitative estimate of drug-likeness (QED) is 0.123. The predicted octanol–water partition coefficient (Wildman–Crippen LogP) is 4.13. The summed E-state index contributed by atoms with van der Waals surface area (Å²) in [6.45, 7) is 5.33. The number of phenols is 1. The first-order chi connectivity index (χ1) is 18.6. The standard InChI is InChI=1S/C28H34N2O8S.ClH/c1-4-36-27-17-20(8-12-23(27)28(33)37-5-2)19-6-10-22(11-7-19)38-15-14-29-18-26(32)21-9-13-25(31)24(16-21)30-39(3,34)35;/h6-13,16-17,26,29-32H,4-5,14-15,18H2,1-3H3;1H/t26-;/m1./s1. The van der Waals surface area contributed by atoms with Crippen LogP contribution < -0.4 is 19.5 Å². The van der Waals surface area contributed by atoms with Gasteiger partial charge in [0.05, 0.1) is 31.3 Å². The first-order valence-corrected chi connectivity index (χ1v) is 14.4. The molecule has 0 amide bonds. The zero-order chi connectivity index (χ0) is 28.4. The van der Waals surface area contributed by atoms with Gasteiger partial charge in [0.15, 0.2) is 0 Å². The van der Waals surface area contributed by atoms with Crippen LogP contribution in [0.5, 0.6) is 17.2 Å². The average molecular weight is 595 g/mol. The molecule has 0 aliphatic rings. The number of nitrogens with one attached hydrogen (secondary N) is 2. The molecule has 0 saturated heterocycles. The molecule has 0 saturated carbocycles. The zero-order valence-electron chi connectivity index (χ0n) is 22.5. The Hall–Kier alpha value is -3.51. The molecule has 12 heteroatoms. The first-order valence-electron chi connectivity index (χ1n) is 12.5. The zero-order valence-corrected chi connectivity index (χ0v) is 24.2. The largest absolute Gasteiger partial charge is 0.506 e. The summed E-state index contributed by atoms with van der Waals surface area (Å²) in [5.41, 5.74) is 2.66. The second-order valence-corrected chi connectivity index (χ2v) is 10.4. The molecular weight excluding hydrogens is 560 g/mol. The van der Waals surface area contributed by atoms with Crippen molar-refractivity contribution in [2.45, 2.75) is 20.0 Å². The van der Waals surface area contributed by atoms with Gasteiger partial charge in [-0.1, -0.05) is 24.3 Å². The Labute approximate surface area is 240 Å². The SMILES string of the molecule is CCOC(=O)c1ccc(-c2ccc(OCCNC[C@@H](O)c3ccc(O)c(NS(C)(=O)=O)c3)cc2)cc1OCC.Cl. The maximum Gasteiger partial charge on any atom is 0.341 e. The maximum absolute atomic E-state index is 12.2. The van der Waals surface area contributed by atoms with Crippen LogP contribution in [0.4, 0.5) is 5.69 Å². The maximum atomic E-state index is 12.2. The summed E-state index contributed by atoms with van der Waals surface area (Å²) >= 11 is 0. The number of sulfonamides is 1. The van der Waals surface area contributed by atoms with Crippen molar-refractivity contribution in [2.24, 2.45) is 0 Å². The van der Waals surface area contributed by atoms with Crippen LogP contribution in [-0.4, -0.2) is 63.8 Å². The lowest BCUT2D eigenvalue weighted by atomic mass is 10.0. The van der Waals surface area contributed by atoms with Gasteiger partial charge < -0.3 is 29.7 Å². The minimum Gasteiger partial charge on any atom is -0.506 e. The Morgan fingerprint density at radius 1 is 0.950 bits per heavy atom. The number of aromatic hydroxyl groups is 1. The fourth-order valence-corrected chi connectivity index (χ4v) is 4.30. The van der Waals surface area contributed by atoms with E-state index in [1.165, 1.54) is 18.2 Å². The molecule has 0 radical (unpaired) electrons. The van der Waals surface area contributed by atoms with E-state index in [2.05, 4.69) is 10.0 Å². The van der Waals surface area contributed by atoms with E-state index in [0.717, 1.165) is 17.4 Å². The van der Waals surface area contributed by atoms with Gasteiger partial charge in [-0.3, -0.25) is 4.72 Å². The van der Waals surface area contributed by atoms with Gasteiger partial charge in [-0.25, -0.2) is 13.2 Å². The highest BCUT2D eigenvalue weighted by Gasteiger charge is 2.15. The van der Waals surface area contributed by atoms with Crippen molar-refractivity contribution in [3.05, 3.63) is 71.8 Å². The molecule has 3 rings (SSSR count). The van der Waals surface area contributed by atoms with E-state index in [4.69, 9.17) is 14.2 Å². The van der Waals surface area contributed by atoms with Crippen LogP contribution in [0.15, 0.2) is 60.7 Å². The van der Waals surface area contributed by atoms with Gasteiger partial charge in [0.1, 0.15) is 29.4 Å². The van der Waals surface area contributed by atoms with Crippen molar-refractivity contribution < 1.29 is 37.6 Å². The van der Waals surface area contributed by atoms with Crippen LogP contribution in [0.2, 0.25) is 0 Å². The number of hydrogen-bond donors (Lipinski definition) is 4. The van der Waals surface area contributed by atoms with Crippen molar-refractivity contribution in [1.82, 2.24) is 5.32 Å². The third-order valence-corrected chi connectivity index (χ3v) is 6.14. The summed E-state index contributed by atoms with van der Waals surface area (Å²) < 4.78 is 41.6. The number of halogens is 1. The van der Waals surface area contributed by atoms with Crippen molar-refractivity contribution in [3.63, 3.8) is 0 Å². The molecule has 3 aromatic rings. The highest BCUT2D eigenvalue weighted by atomic mass is 35.5. The number of rotatable bonds is 14. The summed E-state index contributed by atoms with van der Waals surface area (Å²) in [4.78, 5) is 12.2. The van der Waals surface area contributed by atoms with Gasteiger partial charge in [0.25, 0.3) is 0 Å². The fraction of sp³-hybridized carbons (Fsp3) is 0.321. The molecule has 3 aromatic carbocycles. The number of hydrogen-bond acceptors (Lipinski definition) is 9.